The van der Waals surface area contributed by atoms with E-state index in [1.165, 1.54) is 6.26 Å². The number of anilines is 1. The minimum Gasteiger partial charge on any atom is -0.475 e. The van der Waals surface area contributed by atoms with Crippen molar-refractivity contribution in [1.29, 1.82) is 0 Å². The first kappa shape index (κ1) is 14.0. The van der Waals surface area contributed by atoms with Gasteiger partial charge in [0.25, 0.3) is 5.88 Å². The van der Waals surface area contributed by atoms with Crippen molar-refractivity contribution in [2.45, 2.75) is 19.4 Å². The van der Waals surface area contributed by atoms with E-state index in [2.05, 4.69) is 14.7 Å². The van der Waals surface area contributed by atoms with Crippen LogP contribution in [0.3, 0.4) is 0 Å². The number of hydrogen-bond acceptors (Lipinski definition) is 6. The number of nitrogens with one attached hydrogen (secondary N) is 1. The van der Waals surface area contributed by atoms with Gasteiger partial charge in [-0.2, -0.15) is 0 Å². The maximum Gasteiger partial charge on any atom is 0.257 e. The van der Waals surface area contributed by atoms with Gasteiger partial charge >= 0.3 is 0 Å². The highest BCUT2D eigenvalue weighted by Gasteiger charge is 2.27. The molecule has 0 amide bonds. The van der Waals surface area contributed by atoms with E-state index < -0.39 is 10.0 Å². The van der Waals surface area contributed by atoms with E-state index in [9.17, 15) is 8.42 Å². The monoisotopic (exact) mass is 286 g/mol. The molecule has 1 aromatic heterocycles. The Labute approximate surface area is 113 Å². The van der Waals surface area contributed by atoms with Gasteiger partial charge in [-0.1, -0.05) is 0 Å². The van der Waals surface area contributed by atoms with Gasteiger partial charge in [0.05, 0.1) is 12.9 Å². The van der Waals surface area contributed by atoms with Crippen LogP contribution in [0.15, 0.2) is 12.4 Å². The molecule has 0 spiro atoms. The predicted octanol–water partition coefficient (Wildman–Crippen LogP) is 0.00320. The zero-order chi connectivity index (χ0) is 13.9. The molecule has 7 nitrogen and oxygen atoms in total. The molecular weight excluding hydrogens is 268 g/mol. The smallest absolute Gasteiger partial charge is 0.257 e. The van der Waals surface area contributed by atoms with Gasteiger partial charge in [0.2, 0.25) is 10.0 Å². The summed E-state index contributed by atoms with van der Waals surface area (Å²) in [5, 5.41) is 0. The van der Waals surface area contributed by atoms with E-state index in [1.54, 1.807) is 12.4 Å². The highest BCUT2D eigenvalue weighted by molar-refractivity contribution is 7.88. The Morgan fingerprint density at radius 3 is 2.89 bits per heavy atom. The highest BCUT2D eigenvalue weighted by atomic mass is 32.2. The highest BCUT2D eigenvalue weighted by Crippen LogP contribution is 2.26. The minimum absolute atomic E-state index is 0.0912. The number of rotatable bonds is 5. The van der Waals surface area contributed by atoms with E-state index in [-0.39, 0.29) is 6.04 Å². The Kier molecular flexibility index (Phi) is 4.20. The van der Waals surface area contributed by atoms with Crippen molar-refractivity contribution in [3.63, 3.8) is 0 Å². The predicted molar refractivity (Wildman–Crippen MR) is 71.8 cm³/mol. The lowest BCUT2D eigenvalue weighted by atomic mass is 10.3. The fourth-order valence-corrected chi connectivity index (χ4v) is 2.92. The Morgan fingerprint density at radius 1 is 1.47 bits per heavy atom. The largest absolute Gasteiger partial charge is 0.475 e. The summed E-state index contributed by atoms with van der Waals surface area (Å²) in [5.41, 5.74) is 0. The molecular formula is C11H18N4O3S. The van der Waals surface area contributed by atoms with Crippen molar-refractivity contribution in [3.8, 4) is 5.88 Å². The topological polar surface area (TPSA) is 84.4 Å². The molecule has 0 aliphatic carbocycles. The standard InChI is InChI=1S/C11H18N4O3S/c1-3-18-11-10(12-5-6-13-11)15-7-4-9(8-15)14-19(2,16)17/h5-6,9,14H,3-4,7-8H2,1-2H3. The first-order valence-electron chi connectivity index (χ1n) is 6.15. The molecule has 1 saturated heterocycles. The number of hydrogen-bond donors (Lipinski definition) is 1. The average Bonchev–Trinajstić information content (AvgIpc) is 2.76. The summed E-state index contributed by atoms with van der Waals surface area (Å²) >= 11 is 0. The minimum atomic E-state index is -3.18. The molecule has 1 unspecified atom stereocenters. The second-order valence-electron chi connectivity index (χ2n) is 4.44. The fraction of sp³-hybridized carbons (Fsp3) is 0.636. The van der Waals surface area contributed by atoms with Gasteiger partial charge in [-0.05, 0) is 13.3 Å². The molecule has 8 heteroatoms. The maximum absolute atomic E-state index is 11.2. The molecule has 2 heterocycles. The second kappa shape index (κ2) is 5.70. The van der Waals surface area contributed by atoms with Crippen molar-refractivity contribution >= 4 is 15.8 Å². The lowest BCUT2D eigenvalue weighted by molar-refractivity contribution is 0.326. The fourth-order valence-electron chi connectivity index (χ4n) is 2.12. The van der Waals surface area contributed by atoms with Gasteiger partial charge in [0, 0.05) is 31.5 Å². The van der Waals surface area contributed by atoms with E-state index in [0.717, 1.165) is 13.0 Å². The summed E-state index contributed by atoms with van der Waals surface area (Å²) < 4.78 is 30.5. The molecule has 1 N–H and O–H groups in total. The SMILES string of the molecule is CCOc1nccnc1N1CCC(NS(C)(=O)=O)C1. The molecule has 19 heavy (non-hydrogen) atoms. The summed E-state index contributed by atoms with van der Waals surface area (Å²) in [6.07, 6.45) is 5.10. The molecule has 1 aromatic rings. The van der Waals surface area contributed by atoms with Crippen molar-refractivity contribution < 1.29 is 13.2 Å². The van der Waals surface area contributed by atoms with Crippen molar-refractivity contribution in [2.75, 3.05) is 30.9 Å². The van der Waals surface area contributed by atoms with Crippen LogP contribution in [0, 0.1) is 0 Å². The van der Waals surface area contributed by atoms with Gasteiger partial charge in [-0.3, -0.25) is 0 Å². The lowest BCUT2D eigenvalue weighted by Gasteiger charge is -2.19. The van der Waals surface area contributed by atoms with Crippen molar-refractivity contribution in [2.24, 2.45) is 0 Å². The second-order valence-corrected chi connectivity index (χ2v) is 6.22. The van der Waals surface area contributed by atoms with E-state index >= 15 is 0 Å². The van der Waals surface area contributed by atoms with Gasteiger partial charge in [0.15, 0.2) is 5.82 Å². The average molecular weight is 286 g/mol. The van der Waals surface area contributed by atoms with Crippen LogP contribution in [0.25, 0.3) is 0 Å². The first-order valence-corrected chi connectivity index (χ1v) is 8.05. The van der Waals surface area contributed by atoms with E-state index in [1.807, 2.05) is 11.8 Å². The van der Waals surface area contributed by atoms with Crippen molar-refractivity contribution in [1.82, 2.24) is 14.7 Å². The van der Waals surface area contributed by atoms with Crippen LogP contribution in [-0.4, -0.2) is 50.4 Å². The number of sulfonamides is 1. The Bertz CT molecular complexity index is 534. The zero-order valence-corrected chi connectivity index (χ0v) is 11.9. The molecule has 1 atom stereocenters. The summed E-state index contributed by atoms with van der Waals surface area (Å²) in [7, 11) is -3.18. The summed E-state index contributed by atoms with van der Waals surface area (Å²) in [5.74, 6) is 1.16. The number of aromatic nitrogens is 2. The molecule has 0 radical (unpaired) electrons. The van der Waals surface area contributed by atoms with Crippen LogP contribution in [0.1, 0.15) is 13.3 Å². The molecule has 0 saturated carbocycles. The molecule has 106 valence electrons. The third-order valence-electron chi connectivity index (χ3n) is 2.80. The molecule has 1 fully saturated rings. The normalized spacial score (nSPS) is 19.7. The Morgan fingerprint density at radius 2 is 2.21 bits per heavy atom. The molecule has 0 bridgehead atoms. The zero-order valence-electron chi connectivity index (χ0n) is 11.0. The van der Waals surface area contributed by atoms with Gasteiger partial charge in [-0.25, -0.2) is 23.1 Å². The molecule has 1 aliphatic rings. The Balaban J connectivity index is 2.08. The van der Waals surface area contributed by atoms with Crippen LogP contribution in [-0.2, 0) is 10.0 Å². The molecule has 0 aromatic carbocycles. The van der Waals surface area contributed by atoms with Crippen LogP contribution in [0.5, 0.6) is 5.88 Å². The van der Waals surface area contributed by atoms with Gasteiger partial charge in [0.1, 0.15) is 0 Å². The number of nitrogens with zero attached hydrogens (tertiary/aromatic N) is 3. The summed E-state index contributed by atoms with van der Waals surface area (Å²) in [4.78, 5) is 10.4. The molecule has 2 rings (SSSR count). The van der Waals surface area contributed by atoms with Crippen LogP contribution >= 0.6 is 0 Å². The summed E-state index contributed by atoms with van der Waals surface area (Å²) in [6, 6.07) is -0.0912. The van der Waals surface area contributed by atoms with Crippen LogP contribution in [0.2, 0.25) is 0 Å². The van der Waals surface area contributed by atoms with Gasteiger partial charge < -0.3 is 9.64 Å². The molecule has 1 aliphatic heterocycles. The third kappa shape index (κ3) is 3.77. The van der Waals surface area contributed by atoms with Gasteiger partial charge in [-0.15, -0.1) is 0 Å². The quantitative estimate of drug-likeness (QED) is 0.820. The first-order chi connectivity index (χ1) is 8.99. The number of ether oxygens (including phenoxy) is 1. The van der Waals surface area contributed by atoms with Crippen LogP contribution in [0.4, 0.5) is 5.82 Å². The van der Waals surface area contributed by atoms with E-state index in [4.69, 9.17) is 4.74 Å². The summed E-state index contributed by atoms with van der Waals surface area (Å²) in [6.45, 7) is 3.71. The van der Waals surface area contributed by atoms with E-state index in [0.29, 0.717) is 24.8 Å². The van der Waals surface area contributed by atoms with Crippen molar-refractivity contribution in [3.05, 3.63) is 12.4 Å². The van der Waals surface area contributed by atoms with Crippen LogP contribution < -0.4 is 14.4 Å². The Hall–Kier alpha value is -1.41. The lowest BCUT2D eigenvalue weighted by Crippen LogP contribution is -2.36. The maximum atomic E-state index is 11.2. The third-order valence-corrected chi connectivity index (χ3v) is 3.56.